The van der Waals surface area contributed by atoms with Crippen molar-refractivity contribution >= 4 is 16.1 Å². The van der Waals surface area contributed by atoms with E-state index in [0.717, 1.165) is 12.3 Å². The first-order valence-electron chi connectivity index (χ1n) is 4.41. The number of fused-ring (bicyclic) bond motifs is 1. The molecule has 1 aliphatic rings. The van der Waals surface area contributed by atoms with Gasteiger partial charge in [-0.2, -0.15) is 8.42 Å². The summed E-state index contributed by atoms with van der Waals surface area (Å²) in [4.78, 5) is 10.9. The number of hydrogen-bond acceptors (Lipinski definition) is 3. The van der Waals surface area contributed by atoms with Crippen LogP contribution in [0.15, 0.2) is 17.2 Å². The van der Waals surface area contributed by atoms with Crippen LogP contribution in [0, 0.1) is 0 Å². The lowest BCUT2D eigenvalue weighted by molar-refractivity contribution is 0.0951. The Morgan fingerprint density at radius 1 is 1.47 bits per heavy atom. The van der Waals surface area contributed by atoms with Crippen molar-refractivity contribution in [3.8, 4) is 0 Å². The summed E-state index contributed by atoms with van der Waals surface area (Å²) in [7, 11) is -4.73. The Hall–Kier alpha value is -1.37. The third-order valence-electron chi connectivity index (χ3n) is 2.25. The van der Waals surface area contributed by atoms with Crippen LogP contribution < -0.4 is 5.32 Å². The lowest BCUT2D eigenvalue weighted by Crippen LogP contribution is -2.22. The van der Waals surface area contributed by atoms with Crippen LogP contribution in [0.2, 0.25) is 0 Å². The Balaban J connectivity index is 2.52. The SMILES string of the molecule is O=C1NCCCn2cc(S(=O)(=O)F)cc21. The van der Waals surface area contributed by atoms with Crippen LogP contribution in [-0.2, 0) is 16.8 Å². The summed E-state index contributed by atoms with van der Waals surface area (Å²) < 4.78 is 35.4. The lowest BCUT2D eigenvalue weighted by atomic mass is 10.4. The van der Waals surface area contributed by atoms with Gasteiger partial charge >= 0.3 is 10.2 Å². The van der Waals surface area contributed by atoms with Gasteiger partial charge in [-0.1, -0.05) is 0 Å². The molecule has 1 aliphatic heterocycles. The highest BCUT2D eigenvalue weighted by molar-refractivity contribution is 7.86. The molecule has 15 heavy (non-hydrogen) atoms. The summed E-state index contributed by atoms with van der Waals surface area (Å²) >= 11 is 0. The molecule has 0 radical (unpaired) electrons. The van der Waals surface area contributed by atoms with Crippen LogP contribution in [0.1, 0.15) is 16.9 Å². The normalized spacial score (nSPS) is 16.7. The largest absolute Gasteiger partial charge is 0.351 e. The van der Waals surface area contributed by atoms with Crippen molar-refractivity contribution in [1.82, 2.24) is 9.88 Å². The number of nitrogens with one attached hydrogen (secondary N) is 1. The van der Waals surface area contributed by atoms with E-state index < -0.39 is 15.1 Å². The average molecular weight is 232 g/mol. The van der Waals surface area contributed by atoms with Crippen molar-refractivity contribution in [3.05, 3.63) is 18.0 Å². The molecule has 0 unspecified atom stereocenters. The summed E-state index contributed by atoms with van der Waals surface area (Å²) in [6, 6.07) is 1.05. The van der Waals surface area contributed by atoms with Gasteiger partial charge in [0.25, 0.3) is 5.91 Å². The number of halogens is 1. The highest BCUT2D eigenvalue weighted by atomic mass is 32.3. The summed E-state index contributed by atoms with van der Waals surface area (Å²) in [5.74, 6) is -0.373. The van der Waals surface area contributed by atoms with Crippen LogP contribution in [0.5, 0.6) is 0 Å². The Bertz CT molecular complexity index is 506. The molecule has 0 spiro atoms. The third kappa shape index (κ3) is 1.87. The second-order valence-corrected chi connectivity index (χ2v) is 4.65. The van der Waals surface area contributed by atoms with Crippen LogP contribution >= 0.6 is 0 Å². The van der Waals surface area contributed by atoms with E-state index in [1.54, 1.807) is 0 Å². The fraction of sp³-hybridized carbons (Fsp3) is 0.375. The molecular weight excluding hydrogens is 223 g/mol. The van der Waals surface area contributed by atoms with E-state index in [0.29, 0.717) is 19.5 Å². The topological polar surface area (TPSA) is 68.2 Å². The second kappa shape index (κ2) is 3.34. The zero-order valence-corrected chi connectivity index (χ0v) is 8.55. The molecule has 0 atom stereocenters. The van der Waals surface area contributed by atoms with E-state index >= 15 is 0 Å². The first-order chi connectivity index (χ1) is 6.98. The number of rotatable bonds is 1. The maximum atomic E-state index is 12.7. The number of hydrogen-bond donors (Lipinski definition) is 1. The summed E-state index contributed by atoms with van der Waals surface area (Å²) in [6.45, 7) is 1.04. The van der Waals surface area contributed by atoms with Crippen molar-refractivity contribution in [1.29, 1.82) is 0 Å². The minimum absolute atomic E-state index is 0.184. The molecule has 2 heterocycles. The maximum absolute atomic E-state index is 12.7. The van der Waals surface area contributed by atoms with E-state index in [2.05, 4.69) is 5.32 Å². The number of aromatic nitrogens is 1. The fourth-order valence-corrected chi connectivity index (χ4v) is 2.04. The first-order valence-corrected chi connectivity index (χ1v) is 5.80. The van der Waals surface area contributed by atoms with Gasteiger partial charge in [0, 0.05) is 19.3 Å². The lowest BCUT2D eigenvalue weighted by Gasteiger charge is -1.99. The van der Waals surface area contributed by atoms with E-state index in [1.165, 1.54) is 4.57 Å². The average Bonchev–Trinajstić information content (AvgIpc) is 2.49. The molecule has 0 saturated carbocycles. The predicted octanol–water partition coefficient (Wildman–Crippen LogP) is 0.280. The molecule has 7 heteroatoms. The molecule has 1 N–H and O–H groups in total. The van der Waals surface area contributed by atoms with Gasteiger partial charge in [0.2, 0.25) is 0 Å². The van der Waals surface area contributed by atoms with Gasteiger partial charge in [0.05, 0.1) is 0 Å². The summed E-state index contributed by atoms with van der Waals surface area (Å²) in [5, 5.41) is 2.59. The molecule has 0 aromatic carbocycles. The number of amides is 1. The van der Waals surface area contributed by atoms with Crippen molar-refractivity contribution in [2.75, 3.05) is 6.54 Å². The van der Waals surface area contributed by atoms with Crippen molar-refractivity contribution < 1.29 is 17.1 Å². The molecule has 1 aromatic heterocycles. The number of nitrogens with zero attached hydrogens (tertiary/aromatic N) is 1. The van der Waals surface area contributed by atoms with Gasteiger partial charge in [0.15, 0.2) is 0 Å². The van der Waals surface area contributed by atoms with Gasteiger partial charge in [-0.05, 0) is 12.5 Å². The van der Waals surface area contributed by atoms with Crippen molar-refractivity contribution in [3.63, 3.8) is 0 Å². The summed E-state index contributed by atoms with van der Waals surface area (Å²) in [5.41, 5.74) is 0.184. The molecule has 0 aliphatic carbocycles. The highest BCUT2D eigenvalue weighted by Crippen LogP contribution is 2.18. The standard InChI is InChI=1S/C8H9FN2O3S/c9-15(13,14)6-4-7-8(12)10-2-1-3-11(7)5-6/h4-5H,1-3H2,(H,10,12). The van der Waals surface area contributed by atoms with E-state index in [1.807, 2.05) is 0 Å². The molecule has 1 aromatic rings. The number of carbonyl (C=O) groups is 1. The van der Waals surface area contributed by atoms with E-state index in [-0.39, 0.29) is 11.6 Å². The van der Waals surface area contributed by atoms with Gasteiger partial charge in [-0.15, -0.1) is 3.89 Å². The molecular formula is C8H9FN2O3S. The smallest absolute Gasteiger partial charge is 0.333 e. The number of aryl methyl sites for hydroxylation is 1. The van der Waals surface area contributed by atoms with E-state index in [4.69, 9.17) is 0 Å². The molecule has 0 saturated heterocycles. The minimum Gasteiger partial charge on any atom is -0.351 e. The van der Waals surface area contributed by atoms with Crippen molar-refractivity contribution in [2.24, 2.45) is 0 Å². The summed E-state index contributed by atoms with van der Waals surface area (Å²) in [6.07, 6.45) is 1.84. The molecule has 0 fully saturated rings. The Morgan fingerprint density at radius 3 is 2.87 bits per heavy atom. The predicted molar refractivity (Wildman–Crippen MR) is 49.7 cm³/mol. The Labute approximate surface area is 86.1 Å². The zero-order chi connectivity index (χ0) is 11.1. The number of carbonyl (C=O) groups excluding carboxylic acids is 1. The van der Waals surface area contributed by atoms with E-state index in [9.17, 15) is 17.1 Å². The van der Waals surface area contributed by atoms with Crippen molar-refractivity contribution in [2.45, 2.75) is 17.9 Å². The van der Waals surface area contributed by atoms with Gasteiger partial charge in [0.1, 0.15) is 10.6 Å². The second-order valence-electron chi connectivity index (χ2n) is 3.30. The molecule has 2 rings (SSSR count). The molecule has 0 bridgehead atoms. The highest BCUT2D eigenvalue weighted by Gasteiger charge is 2.22. The minimum atomic E-state index is -4.73. The third-order valence-corrected chi connectivity index (χ3v) is 3.03. The van der Waals surface area contributed by atoms with Gasteiger partial charge in [-0.3, -0.25) is 4.79 Å². The zero-order valence-electron chi connectivity index (χ0n) is 7.73. The maximum Gasteiger partial charge on any atom is 0.333 e. The van der Waals surface area contributed by atoms with Crippen LogP contribution in [0.3, 0.4) is 0 Å². The quantitative estimate of drug-likeness (QED) is 0.707. The monoisotopic (exact) mass is 232 g/mol. The molecule has 5 nitrogen and oxygen atoms in total. The molecule has 1 amide bonds. The first kappa shape index (κ1) is 10.2. The fourth-order valence-electron chi connectivity index (χ4n) is 1.53. The van der Waals surface area contributed by atoms with Gasteiger partial charge < -0.3 is 9.88 Å². The Morgan fingerprint density at radius 2 is 2.20 bits per heavy atom. The van der Waals surface area contributed by atoms with Crippen LogP contribution in [0.4, 0.5) is 3.89 Å². The Kier molecular flexibility index (Phi) is 2.26. The van der Waals surface area contributed by atoms with Crippen LogP contribution in [-0.4, -0.2) is 25.4 Å². The van der Waals surface area contributed by atoms with Gasteiger partial charge in [-0.25, -0.2) is 0 Å². The van der Waals surface area contributed by atoms with Crippen LogP contribution in [0.25, 0.3) is 0 Å². The molecule has 82 valence electrons.